The fraction of sp³-hybridized carbons (Fsp3) is 0.710. The highest BCUT2D eigenvalue weighted by atomic mass is 16.5. The van der Waals surface area contributed by atoms with Crippen LogP contribution >= 0.6 is 0 Å². The first kappa shape index (κ1) is 53.0. The Morgan fingerprint density at radius 3 is 1.80 bits per heavy atom. The Labute approximate surface area is 299 Å². The molecule has 51 heavy (non-hydrogen) atoms. The number of carbonyl (C=O) groups excluding carboxylic acids is 8. The lowest BCUT2D eigenvalue weighted by Gasteiger charge is -2.27. The average Bonchev–Trinajstić information content (AvgIpc) is 3.07. The molecular formula is C31H61N9O11. The summed E-state index contributed by atoms with van der Waals surface area (Å²) >= 11 is 0. The highest BCUT2D eigenvalue weighted by molar-refractivity contribution is 5.95. The molecule has 0 spiro atoms. The number of nitrogens with zero attached hydrogens (tertiary/aromatic N) is 1. The predicted octanol–water partition coefficient (Wildman–Crippen LogP) is -2.01. The molecule has 0 rings (SSSR count). The zero-order chi connectivity index (χ0) is 40.5. The maximum atomic E-state index is 12.8. The topological polar surface area (TPSA) is 322 Å². The summed E-state index contributed by atoms with van der Waals surface area (Å²) in [6, 6.07) is -4.58. The summed E-state index contributed by atoms with van der Waals surface area (Å²) in [6.07, 6.45) is 2.28. The van der Waals surface area contributed by atoms with E-state index in [0.717, 1.165) is 11.4 Å². The van der Waals surface area contributed by atoms with Crippen LogP contribution in [0.15, 0.2) is 0 Å². The van der Waals surface area contributed by atoms with Gasteiger partial charge in [-0.2, -0.15) is 0 Å². The predicted molar refractivity (Wildman–Crippen MR) is 187 cm³/mol. The molecule has 0 radical (unpaired) electrons. The molecule has 0 bridgehead atoms. The van der Waals surface area contributed by atoms with Crippen LogP contribution in [-0.2, 0) is 43.2 Å². The number of carboxylic acids is 1. The van der Waals surface area contributed by atoms with E-state index in [0.29, 0.717) is 0 Å². The molecule has 0 aromatic heterocycles. The molecule has 0 aromatic rings. The maximum Gasteiger partial charge on any atom is 0.305 e. The SMILES string of the molecule is CC.CC(NC(=O)CNC(=O)CN(C(=O)CNC(=O)[C@H](CCC(N)=O)NC(=O)C(CC(=O)O)NC=O)C(C)C)C(=O)NO.CCC.CCCCN. The third kappa shape index (κ3) is 29.8. The van der Waals surface area contributed by atoms with Gasteiger partial charge >= 0.3 is 5.97 Å². The van der Waals surface area contributed by atoms with Gasteiger partial charge in [0.2, 0.25) is 41.9 Å². The monoisotopic (exact) mass is 735 g/mol. The van der Waals surface area contributed by atoms with Gasteiger partial charge in [0.15, 0.2) is 0 Å². The van der Waals surface area contributed by atoms with Crippen molar-refractivity contribution in [1.29, 1.82) is 0 Å². The molecule has 0 heterocycles. The van der Waals surface area contributed by atoms with Crippen molar-refractivity contribution in [3.63, 3.8) is 0 Å². The molecule has 0 saturated heterocycles. The minimum atomic E-state index is -1.53. The average molecular weight is 736 g/mol. The van der Waals surface area contributed by atoms with Crippen molar-refractivity contribution in [2.45, 2.75) is 118 Å². The second-order valence-corrected chi connectivity index (χ2v) is 10.7. The summed E-state index contributed by atoms with van der Waals surface area (Å²) in [6.45, 7) is 14.0. The molecule has 0 aliphatic heterocycles. The van der Waals surface area contributed by atoms with Crippen LogP contribution in [0.4, 0.5) is 0 Å². The number of unbranched alkanes of at least 4 members (excludes halogenated alkanes) is 1. The molecule has 0 saturated carbocycles. The number of hydroxylamine groups is 1. The van der Waals surface area contributed by atoms with Crippen LogP contribution in [-0.4, -0.2) is 119 Å². The van der Waals surface area contributed by atoms with E-state index in [-0.39, 0.29) is 19.3 Å². The van der Waals surface area contributed by atoms with Crippen molar-refractivity contribution < 1.29 is 53.5 Å². The van der Waals surface area contributed by atoms with Crippen LogP contribution in [0.3, 0.4) is 0 Å². The number of hydrogen-bond donors (Lipinski definition) is 10. The Bertz CT molecular complexity index is 1070. The van der Waals surface area contributed by atoms with Gasteiger partial charge in [-0.3, -0.25) is 48.4 Å². The summed E-state index contributed by atoms with van der Waals surface area (Å²) < 4.78 is 0. The Morgan fingerprint density at radius 2 is 1.39 bits per heavy atom. The van der Waals surface area contributed by atoms with E-state index < -0.39 is 97.5 Å². The Kier molecular flexibility index (Phi) is 34.9. The maximum absolute atomic E-state index is 12.8. The Hall–Kier alpha value is -4.85. The molecular weight excluding hydrogens is 674 g/mol. The highest BCUT2D eigenvalue weighted by Gasteiger charge is 2.28. The van der Waals surface area contributed by atoms with E-state index >= 15 is 0 Å². The second-order valence-electron chi connectivity index (χ2n) is 10.7. The Balaban J connectivity index is -0.000000975. The van der Waals surface area contributed by atoms with Gasteiger partial charge < -0.3 is 48.1 Å². The van der Waals surface area contributed by atoms with E-state index in [1.54, 1.807) is 13.8 Å². The number of aliphatic carboxylic acids is 1. The molecule has 20 nitrogen and oxygen atoms in total. The van der Waals surface area contributed by atoms with Crippen LogP contribution in [0.1, 0.15) is 93.9 Å². The van der Waals surface area contributed by atoms with Gasteiger partial charge in [0, 0.05) is 12.5 Å². The van der Waals surface area contributed by atoms with E-state index in [2.05, 4.69) is 42.0 Å². The van der Waals surface area contributed by atoms with Crippen molar-refractivity contribution in [3.8, 4) is 0 Å². The molecule has 0 aliphatic carbocycles. The van der Waals surface area contributed by atoms with Gasteiger partial charge in [0.25, 0.3) is 5.91 Å². The van der Waals surface area contributed by atoms with Crippen molar-refractivity contribution in [2.24, 2.45) is 11.5 Å². The van der Waals surface area contributed by atoms with Crippen molar-refractivity contribution >= 4 is 53.7 Å². The van der Waals surface area contributed by atoms with Gasteiger partial charge in [0.1, 0.15) is 18.1 Å². The lowest BCUT2D eigenvalue weighted by atomic mass is 10.1. The van der Waals surface area contributed by atoms with Gasteiger partial charge in [-0.25, -0.2) is 5.48 Å². The number of rotatable bonds is 21. The molecule has 296 valence electrons. The third-order valence-corrected chi connectivity index (χ3v) is 5.83. The lowest BCUT2D eigenvalue weighted by Crippen LogP contribution is -2.55. The minimum absolute atomic E-state index is 0.101. The van der Waals surface area contributed by atoms with E-state index in [1.165, 1.54) is 31.7 Å². The number of nitrogens with one attached hydrogen (secondary N) is 6. The zero-order valence-electron chi connectivity index (χ0n) is 31.1. The summed E-state index contributed by atoms with van der Waals surface area (Å²) in [5, 5.41) is 28.4. The molecule has 8 amide bonds. The fourth-order valence-corrected chi connectivity index (χ4v) is 3.31. The number of primary amides is 1. The largest absolute Gasteiger partial charge is 0.481 e. The first-order chi connectivity index (χ1) is 23.9. The number of carboxylic acid groups (broad SMARTS) is 1. The van der Waals surface area contributed by atoms with Gasteiger partial charge in [-0.05, 0) is 40.2 Å². The van der Waals surface area contributed by atoms with Crippen LogP contribution < -0.4 is 43.5 Å². The number of nitrogens with two attached hydrogens (primary N) is 2. The van der Waals surface area contributed by atoms with Crippen LogP contribution in [0, 0.1) is 0 Å². The number of hydrogen-bond acceptors (Lipinski definition) is 11. The molecule has 3 atom stereocenters. The molecule has 12 N–H and O–H groups in total. The number of amides is 8. The normalized spacial score (nSPS) is 11.4. The smallest absolute Gasteiger partial charge is 0.305 e. The summed E-state index contributed by atoms with van der Waals surface area (Å²) in [5.41, 5.74) is 11.6. The lowest BCUT2D eigenvalue weighted by molar-refractivity contribution is -0.141. The molecule has 0 aromatic carbocycles. The van der Waals surface area contributed by atoms with Crippen LogP contribution in [0.25, 0.3) is 0 Å². The van der Waals surface area contributed by atoms with Gasteiger partial charge in [0.05, 0.1) is 26.1 Å². The first-order valence-electron chi connectivity index (χ1n) is 16.7. The summed E-state index contributed by atoms with van der Waals surface area (Å²) in [5.74, 6) is -7.28. The van der Waals surface area contributed by atoms with Gasteiger partial charge in [-0.1, -0.05) is 47.5 Å². The first-order valence-corrected chi connectivity index (χ1v) is 16.7. The van der Waals surface area contributed by atoms with Crippen LogP contribution in [0.2, 0.25) is 0 Å². The third-order valence-electron chi connectivity index (χ3n) is 5.83. The molecule has 0 aliphatic rings. The molecule has 2 unspecified atom stereocenters. The summed E-state index contributed by atoms with van der Waals surface area (Å²) in [7, 11) is 0. The molecule has 0 fully saturated rings. The fourth-order valence-electron chi connectivity index (χ4n) is 3.31. The van der Waals surface area contributed by atoms with Crippen molar-refractivity contribution in [3.05, 3.63) is 0 Å². The van der Waals surface area contributed by atoms with E-state index in [1.807, 2.05) is 19.2 Å². The quantitative estimate of drug-likeness (QED) is 0.0348. The van der Waals surface area contributed by atoms with Crippen molar-refractivity contribution in [2.75, 3.05) is 26.2 Å². The van der Waals surface area contributed by atoms with Crippen LogP contribution in [0.5, 0.6) is 0 Å². The Morgan fingerprint density at radius 1 is 0.824 bits per heavy atom. The standard InChI is InChI=1S/C22H36N8O11.C4H11N.C3H8.C2H6/c1-11(2)30(9-17(34)24-7-16(33)27-12(3)20(38)29-41)18(35)8-25-21(39)13(4-5-15(23)32)28-22(40)14(26-10-31)6-19(36)37;1-2-3-4-5;1-3-2;1-2/h10-14,41H,4-9H2,1-3H3,(H2,23,32)(H,24,34)(H,25,39)(H,26,31)(H,27,33)(H,28,40)(H,29,38)(H,36,37);2-5H2,1H3;3H2,1-2H3;1-2H3/t12?,13-,14?;;;/m0.../s1. The second kappa shape index (κ2) is 33.6. The van der Waals surface area contributed by atoms with Crippen molar-refractivity contribution in [1.82, 2.24) is 37.0 Å². The van der Waals surface area contributed by atoms with E-state index in [4.69, 9.17) is 21.8 Å². The van der Waals surface area contributed by atoms with E-state index in [9.17, 15) is 43.2 Å². The molecule has 20 heteroatoms. The number of carbonyl (C=O) groups is 9. The van der Waals surface area contributed by atoms with Gasteiger partial charge in [-0.15, -0.1) is 0 Å². The minimum Gasteiger partial charge on any atom is -0.481 e. The zero-order valence-corrected chi connectivity index (χ0v) is 31.1. The highest BCUT2D eigenvalue weighted by Crippen LogP contribution is 2.02. The summed E-state index contributed by atoms with van der Waals surface area (Å²) in [4.78, 5) is 107.